The fraction of sp³-hybridized carbons (Fsp3) is 0.111. The predicted octanol–water partition coefficient (Wildman–Crippen LogP) is 2.86. The fourth-order valence-corrected chi connectivity index (χ4v) is 2.31. The number of benzene rings is 2. The van der Waals surface area contributed by atoms with E-state index in [2.05, 4.69) is 5.32 Å². The van der Waals surface area contributed by atoms with Gasteiger partial charge in [-0.05, 0) is 24.6 Å². The fourth-order valence-electron chi connectivity index (χ4n) is 2.31. The summed E-state index contributed by atoms with van der Waals surface area (Å²) < 4.78 is 0. The standard InChI is InChI=1S/C18H16N2O2/c1-13-7-9-15(10-8-13)19-16-11-17(21)20(18(16)22)12-14-5-3-2-4-6-14/h2-11,19H,12H2,1H3. The van der Waals surface area contributed by atoms with Crippen molar-refractivity contribution >= 4 is 17.5 Å². The summed E-state index contributed by atoms with van der Waals surface area (Å²) >= 11 is 0. The first kappa shape index (κ1) is 14.1. The number of aryl methyl sites for hydroxylation is 1. The SMILES string of the molecule is Cc1ccc(NC2=CC(=O)N(Cc3ccccc3)C2=O)cc1. The Balaban J connectivity index is 1.73. The van der Waals surface area contributed by atoms with E-state index in [1.807, 2.05) is 61.5 Å². The maximum Gasteiger partial charge on any atom is 0.277 e. The van der Waals surface area contributed by atoms with E-state index >= 15 is 0 Å². The first-order chi connectivity index (χ1) is 10.6. The number of nitrogens with one attached hydrogen (secondary N) is 1. The predicted molar refractivity (Wildman–Crippen MR) is 84.9 cm³/mol. The van der Waals surface area contributed by atoms with Crippen LogP contribution < -0.4 is 5.32 Å². The number of amides is 2. The molecule has 0 aliphatic carbocycles. The number of nitrogens with zero attached hydrogens (tertiary/aromatic N) is 1. The Morgan fingerprint density at radius 3 is 2.32 bits per heavy atom. The van der Waals surface area contributed by atoms with Crippen LogP contribution in [-0.4, -0.2) is 16.7 Å². The first-order valence-electron chi connectivity index (χ1n) is 7.08. The third-order valence-corrected chi connectivity index (χ3v) is 3.52. The van der Waals surface area contributed by atoms with Crippen LogP contribution >= 0.6 is 0 Å². The highest BCUT2D eigenvalue weighted by Gasteiger charge is 2.31. The average Bonchev–Trinajstić information content (AvgIpc) is 2.78. The minimum Gasteiger partial charge on any atom is -0.351 e. The maximum absolute atomic E-state index is 12.4. The summed E-state index contributed by atoms with van der Waals surface area (Å²) in [5, 5.41) is 3.01. The van der Waals surface area contributed by atoms with Gasteiger partial charge in [-0.25, -0.2) is 0 Å². The molecule has 0 fully saturated rings. The lowest BCUT2D eigenvalue weighted by molar-refractivity contribution is -0.137. The summed E-state index contributed by atoms with van der Waals surface area (Å²) in [5.74, 6) is -0.585. The number of carbonyl (C=O) groups is 2. The summed E-state index contributed by atoms with van der Waals surface area (Å²) in [6, 6.07) is 17.1. The van der Waals surface area contributed by atoms with Crippen LogP contribution in [-0.2, 0) is 16.1 Å². The van der Waals surface area contributed by atoms with E-state index in [1.165, 1.54) is 11.0 Å². The van der Waals surface area contributed by atoms with E-state index in [9.17, 15) is 9.59 Å². The summed E-state index contributed by atoms with van der Waals surface area (Å²) in [6.45, 7) is 2.28. The second-order valence-corrected chi connectivity index (χ2v) is 5.26. The van der Waals surface area contributed by atoms with E-state index < -0.39 is 0 Å². The Bertz CT molecular complexity index is 733. The van der Waals surface area contributed by atoms with E-state index in [1.54, 1.807) is 0 Å². The van der Waals surface area contributed by atoms with Gasteiger partial charge < -0.3 is 5.32 Å². The minimum atomic E-state index is -0.297. The van der Waals surface area contributed by atoms with Crippen LogP contribution in [0.3, 0.4) is 0 Å². The molecule has 0 bridgehead atoms. The Morgan fingerprint density at radius 1 is 0.955 bits per heavy atom. The minimum absolute atomic E-state index is 0.286. The number of hydrogen-bond acceptors (Lipinski definition) is 3. The van der Waals surface area contributed by atoms with Crippen LogP contribution in [0.25, 0.3) is 0 Å². The quantitative estimate of drug-likeness (QED) is 0.882. The Hall–Kier alpha value is -2.88. The smallest absolute Gasteiger partial charge is 0.277 e. The molecule has 0 unspecified atom stereocenters. The number of carbonyl (C=O) groups excluding carboxylic acids is 2. The molecule has 4 nitrogen and oxygen atoms in total. The van der Waals surface area contributed by atoms with Gasteiger partial charge in [0.15, 0.2) is 0 Å². The molecule has 4 heteroatoms. The summed E-state index contributed by atoms with van der Waals surface area (Å²) in [5.41, 5.74) is 3.16. The van der Waals surface area contributed by atoms with Gasteiger partial charge in [0, 0.05) is 11.8 Å². The van der Waals surface area contributed by atoms with Gasteiger partial charge >= 0.3 is 0 Å². The van der Waals surface area contributed by atoms with Gasteiger partial charge in [0.25, 0.3) is 11.8 Å². The van der Waals surface area contributed by atoms with Gasteiger partial charge in [0.2, 0.25) is 0 Å². The number of hydrogen-bond donors (Lipinski definition) is 1. The second-order valence-electron chi connectivity index (χ2n) is 5.26. The zero-order chi connectivity index (χ0) is 15.5. The normalized spacial score (nSPS) is 14.2. The highest BCUT2D eigenvalue weighted by Crippen LogP contribution is 2.19. The molecule has 22 heavy (non-hydrogen) atoms. The van der Waals surface area contributed by atoms with Crippen molar-refractivity contribution in [3.63, 3.8) is 0 Å². The van der Waals surface area contributed by atoms with Gasteiger partial charge in [0.1, 0.15) is 5.70 Å². The van der Waals surface area contributed by atoms with Crippen molar-refractivity contribution in [1.82, 2.24) is 4.90 Å². The molecule has 2 aromatic carbocycles. The molecule has 1 aliphatic rings. The van der Waals surface area contributed by atoms with E-state index in [0.29, 0.717) is 5.70 Å². The first-order valence-corrected chi connectivity index (χ1v) is 7.08. The average molecular weight is 292 g/mol. The van der Waals surface area contributed by atoms with Crippen molar-refractivity contribution in [1.29, 1.82) is 0 Å². The third kappa shape index (κ3) is 2.91. The van der Waals surface area contributed by atoms with Gasteiger partial charge in [-0.2, -0.15) is 0 Å². The van der Waals surface area contributed by atoms with Crippen molar-refractivity contribution in [2.24, 2.45) is 0 Å². The summed E-state index contributed by atoms with van der Waals surface area (Å²) in [4.78, 5) is 25.6. The molecule has 1 aliphatic heterocycles. The zero-order valence-corrected chi connectivity index (χ0v) is 12.2. The molecule has 0 radical (unpaired) electrons. The molecule has 110 valence electrons. The maximum atomic E-state index is 12.4. The highest BCUT2D eigenvalue weighted by molar-refractivity contribution is 6.17. The molecule has 0 spiro atoms. The van der Waals surface area contributed by atoms with Gasteiger partial charge in [-0.1, -0.05) is 48.0 Å². The molecule has 1 N–H and O–H groups in total. The number of imide groups is 1. The zero-order valence-electron chi connectivity index (χ0n) is 12.2. The van der Waals surface area contributed by atoms with E-state index in [-0.39, 0.29) is 18.4 Å². The molecule has 1 heterocycles. The monoisotopic (exact) mass is 292 g/mol. The molecule has 2 amide bonds. The van der Waals surface area contributed by atoms with Crippen LogP contribution in [0.1, 0.15) is 11.1 Å². The van der Waals surface area contributed by atoms with Crippen molar-refractivity contribution in [2.75, 3.05) is 5.32 Å². The van der Waals surface area contributed by atoms with Crippen molar-refractivity contribution in [3.8, 4) is 0 Å². The van der Waals surface area contributed by atoms with Crippen LogP contribution in [0.15, 0.2) is 66.4 Å². The molecular weight excluding hydrogens is 276 g/mol. The Labute approximate surface area is 129 Å². The highest BCUT2D eigenvalue weighted by atomic mass is 16.2. The van der Waals surface area contributed by atoms with Gasteiger partial charge in [-0.15, -0.1) is 0 Å². The van der Waals surface area contributed by atoms with Crippen LogP contribution in [0, 0.1) is 6.92 Å². The molecular formula is C18H16N2O2. The molecule has 2 aromatic rings. The van der Waals surface area contributed by atoms with Crippen molar-refractivity contribution in [3.05, 3.63) is 77.5 Å². The lowest BCUT2D eigenvalue weighted by Gasteiger charge is -2.15. The second kappa shape index (κ2) is 5.85. The molecule has 0 atom stereocenters. The summed E-state index contributed by atoms with van der Waals surface area (Å²) in [7, 11) is 0. The molecule has 0 saturated heterocycles. The lowest BCUT2D eigenvalue weighted by atomic mass is 10.2. The largest absolute Gasteiger partial charge is 0.351 e. The van der Waals surface area contributed by atoms with E-state index in [0.717, 1.165) is 16.8 Å². The van der Waals surface area contributed by atoms with Gasteiger partial charge in [-0.3, -0.25) is 14.5 Å². The van der Waals surface area contributed by atoms with Gasteiger partial charge in [0.05, 0.1) is 6.54 Å². The number of rotatable bonds is 4. The number of anilines is 1. The topological polar surface area (TPSA) is 49.4 Å². The lowest BCUT2D eigenvalue weighted by Crippen LogP contribution is -2.31. The third-order valence-electron chi connectivity index (χ3n) is 3.52. The summed E-state index contributed by atoms with van der Waals surface area (Å²) in [6.07, 6.45) is 1.35. The van der Waals surface area contributed by atoms with Crippen LogP contribution in [0.5, 0.6) is 0 Å². The van der Waals surface area contributed by atoms with Crippen molar-refractivity contribution < 1.29 is 9.59 Å². The Morgan fingerprint density at radius 2 is 1.64 bits per heavy atom. The van der Waals surface area contributed by atoms with Crippen molar-refractivity contribution in [2.45, 2.75) is 13.5 Å². The van der Waals surface area contributed by atoms with Crippen LogP contribution in [0.2, 0.25) is 0 Å². The molecule has 3 rings (SSSR count). The van der Waals surface area contributed by atoms with Crippen LogP contribution in [0.4, 0.5) is 5.69 Å². The van der Waals surface area contributed by atoms with E-state index in [4.69, 9.17) is 0 Å². The molecule has 0 aromatic heterocycles. The molecule has 0 saturated carbocycles. The Kier molecular flexibility index (Phi) is 3.74.